The molecule has 5 nitrogen and oxygen atoms in total. The van der Waals surface area contributed by atoms with Crippen LogP contribution in [-0.2, 0) is 11.2 Å². The zero-order chi connectivity index (χ0) is 16.3. The van der Waals surface area contributed by atoms with E-state index in [1.165, 1.54) is 4.88 Å². The van der Waals surface area contributed by atoms with Gasteiger partial charge in [-0.1, -0.05) is 0 Å². The van der Waals surface area contributed by atoms with E-state index in [4.69, 9.17) is 9.84 Å². The lowest BCUT2D eigenvalue weighted by Gasteiger charge is -2.32. The van der Waals surface area contributed by atoms with Crippen molar-refractivity contribution in [1.82, 2.24) is 9.88 Å². The summed E-state index contributed by atoms with van der Waals surface area (Å²) in [6.45, 7) is 9.29. The second-order valence-corrected chi connectivity index (χ2v) is 8.01. The van der Waals surface area contributed by atoms with E-state index in [9.17, 15) is 4.79 Å². The van der Waals surface area contributed by atoms with Crippen molar-refractivity contribution >= 4 is 17.4 Å². The number of aliphatic hydroxyl groups is 1. The Balaban J connectivity index is 1.92. The van der Waals surface area contributed by atoms with Crippen LogP contribution in [0.25, 0.3) is 0 Å². The SMILES string of the molecule is Cc1sc(C2CCN(C(=O)OC(C)(C)C)CC2)nc1CCO. The Morgan fingerprint density at radius 1 is 1.41 bits per heavy atom. The molecule has 0 saturated carbocycles. The van der Waals surface area contributed by atoms with Gasteiger partial charge in [-0.05, 0) is 40.5 Å². The van der Waals surface area contributed by atoms with Crippen LogP contribution in [0.1, 0.15) is 55.1 Å². The van der Waals surface area contributed by atoms with E-state index < -0.39 is 5.60 Å². The first kappa shape index (κ1) is 17.2. The summed E-state index contributed by atoms with van der Waals surface area (Å²) >= 11 is 1.72. The first-order valence-corrected chi connectivity index (χ1v) is 8.67. The van der Waals surface area contributed by atoms with E-state index in [1.54, 1.807) is 16.2 Å². The van der Waals surface area contributed by atoms with Gasteiger partial charge in [-0.3, -0.25) is 0 Å². The molecule has 2 rings (SSSR count). The number of aromatic nitrogens is 1. The van der Waals surface area contributed by atoms with Gasteiger partial charge in [0.15, 0.2) is 0 Å². The van der Waals surface area contributed by atoms with Gasteiger partial charge in [0.25, 0.3) is 0 Å². The lowest BCUT2D eigenvalue weighted by atomic mass is 9.98. The van der Waals surface area contributed by atoms with Gasteiger partial charge < -0.3 is 14.7 Å². The highest BCUT2D eigenvalue weighted by molar-refractivity contribution is 7.11. The molecule has 0 aromatic carbocycles. The molecule has 1 aliphatic heterocycles. The standard InChI is InChI=1S/C16H26N2O3S/c1-11-13(7-10-19)17-14(22-11)12-5-8-18(9-6-12)15(20)21-16(2,3)4/h12,19H,5-10H2,1-4H3. The van der Waals surface area contributed by atoms with Gasteiger partial charge in [-0.2, -0.15) is 0 Å². The highest BCUT2D eigenvalue weighted by Gasteiger charge is 2.29. The van der Waals surface area contributed by atoms with Crippen molar-refractivity contribution in [3.8, 4) is 0 Å². The summed E-state index contributed by atoms with van der Waals surface area (Å²) in [5, 5.41) is 10.2. The Labute approximate surface area is 136 Å². The zero-order valence-electron chi connectivity index (χ0n) is 13.9. The van der Waals surface area contributed by atoms with E-state index in [0.29, 0.717) is 25.4 Å². The molecule has 1 amide bonds. The summed E-state index contributed by atoms with van der Waals surface area (Å²) in [5.41, 5.74) is 0.566. The van der Waals surface area contributed by atoms with E-state index in [1.807, 2.05) is 20.8 Å². The Morgan fingerprint density at radius 2 is 2.05 bits per heavy atom. The minimum Gasteiger partial charge on any atom is -0.444 e. The summed E-state index contributed by atoms with van der Waals surface area (Å²) in [6, 6.07) is 0. The molecule has 0 radical (unpaired) electrons. The third-order valence-electron chi connectivity index (χ3n) is 3.75. The van der Waals surface area contributed by atoms with Crippen LogP contribution in [0.4, 0.5) is 4.79 Å². The Hall–Kier alpha value is -1.14. The molecule has 0 bridgehead atoms. The molecule has 2 heterocycles. The van der Waals surface area contributed by atoms with Crippen LogP contribution in [-0.4, -0.2) is 46.4 Å². The fraction of sp³-hybridized carbons (Fsp3) is 0.750. The first-order valence-electron chi connectivity index (χ1n) is 7.85. The average molecular weight is 326 g/mol. The largest absolute Gasteiger partial charge is 0.444 e. The van der Waals surface area contributed by atoms with Gasteiger partial charge in [0.1, 0.15) is 5.60 Å². The van der Waals surface area contributed by atoms with E-state index in [0.717, 1.165) is 23.5 Å². The Kier molecular flexibility index (Phi) is 5.45. The molecule has 6 heteroatoms. The van der Waals surface area contributed by atoms with Crippen molar-refractivity contribution < 1.29 is 14.6 Å². The highest BCUT2D eigenvalue weighted by atomic mass is 32.1. The number of aliphatic hydroxyl groups excluding tert-OH is 1. The second kappa shape index (κ2) is 6.96. The van der Waals surface area contributed by atoms with Gasteiger partial charge in [0.2, 0.25) is 0 Å². The van der Waals surface area contributed by atoms with Crippen LogP contribution in [0.5, 0.6) is 0 Å². The molecule has 1 N–H and O–H groups in total. The number of carbonyl (C=O) groups excluding carboxylic acids is 1. The molecule has 1 fully saturated rings. The lowest BCUT2D eigenvalue weighted by Crippen LogP contribution is -2.41. The minimum atomic E-state index is -0.445. The summed E-state index contributed by atoms with van der Waals surface area (Å²) in [7, 11) is 0. The molecule has 1 aromatic rings. The van der Waals surface area contributed by atoms with Crippen LogP contribution >= 0.6 is 11.3 Å². The van der Waals surface area contributed by atoms with Crippen molar-refractivity contribution in [3.63, 3.8) is 0 Å². The molecule has 22 heavy (non-hydrogen) atoms. The molecule has 0 unspecified atom stereocenters. The summed E-state index contributed by atoms with van der Waals surface area (Å²) in [4.78, 5) is 19.7. The lowest BCUT2D eigenvalue weighted by molar-refractivity contribution is 0.0204. The van der Waals surface area contributed by atoms with Gasteiger partial charge in [0, 0.05) is 36.9 Å². The van der Waals surface area contributed by atoms with Gasteiger partial charge in [-0.25, -0.2) is 9.78 Å². The molecule has 124 valence electrons. The molecule has 0 aliphatic carbocycles. The highest BCUT2D eigenvalue weighted by Crippen LogP contribution is 2.32. The second-order valence-electron chi connectivity index (χ2n) is 6.77. The van der Waals surface area contributed by atoms with Gasteiger partial charge >= 0.3 is 6.09 Å². The molecular formula is C16H26N2O3S. The van der Waals surface area contributed by atoms with Crippen LogP contribution in [0, 0.1) is 6.92 Å². The quantitative estimate of drug-likeness (QED) is 0.927. The minimum absolute atomic E-state index is 0.140. The summed E-state index contributed by atoms with van der Waals surface area (Å²) in [6.07, 6.45) is 2.25. The Bertz CT molecular complexity index is 514. The maximum atomic E-state index is 12.1. The summed E-state index contributed by atoms with van der Waals surface area (Å²) in [5.74, 6) is 0.412. The predicted molar refractivity (Wildman–Crippen MR) is 87.4 cm³/mol. The Morgan fingerprint density at radius 3 is 2.59 bits per heavy atom. The topological polar surface area (TPSA) is 62.7 Å². The number of aryl methyl sites for hydroxylation is 1. The third kappa shape index (κ3) is 4.43. The van der Waals surface area contributed by atoms with Crippen molar-refractivity contribution in [2.45, 2.75) is 58.5 Å². The van der Waals surface area contributed by atoms with E-state index in [2.05, 4.69) is 11.9 Å². The van der Waals surface area contributed by atoms with Crippen molar-refractivity contribution in [2.24, 2.45) is 0 Å². The number of nitrogens with zero attached hydrogens (tertiary/aromatic N) is 2. The first-order chi connectivity index (χ1) is 10.3. The number of rotatable bonds is 3. The van der Waals surface area contributed by atoms with E-state index in [-0.39, 0.29) is 12.7 Å². The normalized spacial score (nSPS) is 16.9. The molecule has 1 aliphatic rings. The number of ether oxygens (including phenoxy) is 1. The van der Waals surface area contributed by atoms with Crippen LogP contribution in [0.3, 0.4) is 0 Å². The van der Waals surface area contributed by atoms with E-state index >= 15 is 0 Å². The number of thiazole rings is 1. The number of hydrogen-bond donors (Lipinski definition) is 1. The van der Waals surface area contributed by atoms with Crippen LogP contribution < -0.4 is 0 Å². The molecule has 1 aromatic heterocycles. The molecule has 0 atom stereocenters. The van der Waals surface area contributed by atoms with Crippen molar-refractivity contribution in [2.75, 3.05) is 19.7 Å². The number of carbonyl (C=O) groups is 1. The van der Waals surface area contributed by atoms with Gasteiger partial charge in [0.05, 0.1) is 10.7 Å². The maximum absolute atomic E-state index is 12.1. The van der Waals surface area contributed by atoms with Crippen LogP contribution in [0.2, 0.25) is 0 Å². The molecule has 0 spiro atoms. The third-order valence-corrected chi connectivity index (χ3v) is 4.93. The molecular weight excluding hydrogens is 300 g/mol. The maximum Gasteiger partial charge on any atom is 0.410 e. The smallest absolute Gasteiger partial charge is 0.410 e. The number of hydrogen-bond acceptors (Lipinski definition) is 5. The predicted octanol–water partition coefficient (Wildman–Crippen LogP) is 3.10. The van der Waals surface area contributed by atoms with Gasteiger partial charge in [-0.15, -0.1) is 11.3 Å². The van der Waals surface area contributed by atoms with Crippen LogP contribution in [0.15, 0.2) is 0 Å². The fourth-order valence-corrected chi connectivity index (χ4v) is 3.74. The fourth-order valence-electron chi connectivity index (χ4n) is 2.60. The summed E-state index contributed by atoms with van der Waals surface area (Å²) < 4.78 is 5.42. The van der Waals surface area contributed by atoms with Crippen molar-refractivity contribution in [3.05, 3.63) is 15.6 Å². The van der Waals surface area contributed by atoms with Crippen molar-refractivity contribution in [1.29, 1.82) is 0 Å². The zero-order valence-corrected chi connectivity index (χ0v) is 14.7. The average Bonchev–Trinajstić information content (AvgIpc) is 2.79. The number of piperidine rings is 1. The number of amides is 1. The monoisotopic (exact) mass is 326 g/mol. The number of likely N-dealkylation sites (tertiary alicyclic amines) is 1. The molecule has 1 saturated heterocycles.